The Balaban J connectivity index is 2.07. The lowest BCUT2D eigenvalue weighted by Gasteiger charge is -2.32. The number of hydrogen-bond donors (Lipinski definition) is 0. The van der Waals surface area contributed by atoms with Crippen molar-refractivity contribution in [2.45, 2.75) is 51.8 Å². The van der Waals surface area contributed by atoms with Gasteiger partial charge in [0.1, 0.15) is 5.75 Å². The molecule has 3 aromatic carbocycles. The Morgan fingerprint density at radius 1 is 0.632 bits per heavy atom. The Labute approximate surface area is 214 Å². The molecule has 0 N–H and O–H groups in total. The van der Waals surface area contributed by atoms with E-state index < -0.39 is 50.0 Å². The monoisotopic (exact) mass is 589 g/mol. The van der Waals surface area contributed by atoms with Crippen molar-refractivity contribution in [1.82, 2.24) is 0 Å². The van der Waals surface area contributed by atoms with Crippen LogP contribution < -0.4 is 4.18 Å². The van der Waals surface area contributed by atoms with Crippen LogP contribution in [0.5, 0.6) is 5.75 Å². The maximum absolute atomic E-state index is 14.2. The van der Waals surface area contributed by atoms with Gasteiger partial charge in [0.25, 0.3) is 0 Å². The van der Waals surface area contributed by atoms with E-state index in [1.807, 2.05) is 0 Å². The van der Waals surface area contributed by atoms with Crippen molar-refractivity contribution in [2.24, 2.45) is 0 Å². The Bertz CT molecular complexity index is 1330. The molecule has 3 rings (SSSR count). The minimum Gasteiger partial charge on any atom is -0.377 e. The second-order valence-electron chi connectivity index (χ2n) is 8.02. The summed E-state index contributed by atoms with van der Waals surface area (Å²) in [6, 6.07) is 20.5. The molecule has 0 amide bonds. The molecule has 0 unspecified atom stereocenters. The van der Waals surface area contributed by atoms with Gasteiger partial charge in [0, 0.05) is 12.1 Å². The molecule has 14 heteroatoms. The van der Waals surface area contributed by atoms with E-state index in [1.165, 1.54) is 26.0 Å². The summed E-state index contributed by atoms with van der Waals surface area (Å²) in [7, 11) is -7.87. The van der Waals surface area contributed by atoms with Gasteiger partial charge in [-0.3, -0.25) is 0 Å². The van der Waals surface area contributed by atoms with Crippen LogP contribution in [0.2, 0.25) is 0 Å². The maximum Gasteiger partial charge on any atom is 0.460 e. The van der Waals surface area contributed by atoms with Crippen LogP contribution in [-0.4, -0.2) is 31.7 Å². The number of alkyl halides is 9. The van der Waals surface area contributed by atoms with Crippen molar-refractivity contribution >= 4 is 21.0 Å². The first-order valence-electron chi connectivity index (χ1n) is 10.4. The summed E-state index contributed by atoms with van der Waals surface area (Å²) >= 11 is 0. The first kappa shape index (κ1) is 29.7. The van der Waals surface area contributed by atoms with Crippen molar-refractivity contribution in [1.29, 1.82) is 0 Å². The Kier molecular flexibility index (Phi) is 7.83. The Hall–Kier alpha value is -2.87. The van der Waals surface area contributed by atoms with Gasteiger partial charge in [0.05, 0.1) is 10.9 Å². The number of aryl methyl sites for hydroxylation is 2. The number of benzene rings is 3. The van der Waals surface area contributed by atoms with Gasteiger partial charge in [-0.2, -0.15) is 47.9 Å². The van der Waals surface area contributed by atoms with Crippen LogP contribution in [-0.2, 0) is 21.0 Å². The number of halogens is 9. The van der Waals surface area contributed by atoms with Crippen LogP contribution in [0.3, 0.4) is 0 Å². The molecular weight excluding hydrogens is 571 g/mol. The van der Waals surface area contributed by atoms with E-state index in [0.29, 0.717) is 4.90 Å². The molecule has 0 spiro atoms. The van der Waals surface area contributed by atoms with Crippen molar-refractivity contribution < 1.29 is 52.1 Å². The van der Waals surface area contributed by atoms with E-state index in [4.69, 9.17) is 0 Å². The zero-order valence-electron chi connectivity index (χ0n) is 19.4. The van der Waals surface area contributed by atoms with Gasteiger partial charge in [-0.25, -0.2) is 0 Å². The lowest BCUT2D eigenvalue weighted by atomic mass is 10.1. The van der Waals surface area contributed by atoms with Gasteiger partial charge < -0.3 is 4.18 Å². The highest BCUT2D eigenvalue weighted by molar-refractivity contribution is 7.97. The first-order valence-corrected chi connectivity index (χ1v) is 13.1. The highest BCUT2D eigenvalue weighted by Gasteiger charge is 2.86. The molecule has 0 saturated carbocycles. The molecule has 38 heavy (non-hydrogen) atoms. The lowest BCUT2D eigenvalue weighted by molar-refractivity contribution is -0.382. The van der Waals surface area contributed by atoms with Crippen LogP contribution >= 0.6 is 0 Å². The van der Waals surface area contributed by atoms with E-state index >= 15 is 0 Å². The zero-order valence-corrected chi connectivity index (χ0v) is 21.0. The molecule has 0 aromatic heterocycles. The molecule has 0 saturated heterocycles. The van der Waals surface area contributed by atoms with Crippen molar-refractivity contribution in [3.05, 3.63) is 83.9 Å². The second-order valence-corrected chi connectivity index (χ2v) is 11.6. The molecule has 0 atom stereocenters. The molecule has 0 radical (unpaired) electrons. The Morgan fingerprint density at radius 3 is 1.39 bits per heavy atom. The molecule has 0 heterocycles. The SMILES string of the molecule is Cc1cc([S+](c2ccccc2)c2ccccc2)cc(C)c1OS(=O)(=O)C(F)(F)C(F)(F)C(F)(F)C(F)(F)F. The van der Waals surface area contributed by atoms with Crippen LogP contribution in [0.25, 0.3) is 0 Å². The predicted octanol–water partition coefficient (Wildman–Crippen LogP) is 7.53. The van der Waals surface area contributed by atoms with Crippen molar-refractivity contribution in [2.75, 3.05) is 0 Å². The van der Waals surface area contributed by atoms with Gasteiger partial charge in [-0.05, 0) is 49.2 Å². The maximum atomic E-state index is 14.2. The second kappa shape index (κ2) is 10.0. The van der Waals surface area contributed by atoms with Gasteiger partial charge in [0.15, 0.2) is 14.7 Å². The average molecular weight is 590 g/mol. The van der Waals surface area contributed by atoms with Crippen LogP contribution in [0.1, 0.15) is 11.1 Å². The van der Waals surface area contributed by atoms with Gasteiger partial charge in [0.2, 0.25) is 0 Å². The fraction of sp³-hybridized carbons (Fsp3) is 0.250. The van der Waals surface area contributed by atoms with Crippen molar-refractivity contribution in [3.8, 4) is 5.75 Å². The molecular formula is C24H18F9O3S2+. The zero-order chi connectivity index (χ0) is 28.7. The number of hydrogen-bond acceptors (Lipinski definition) is 3. The van der Waals surface area contributed by atoms with Gasteiger partial charge in [-0.15, -0.1) is 0 Å². The minimum atomic E-state index is -7.38. The lowest BCUT2D eigenvalue weighted by Crippen LogP contribution is -2.63. The molecule has 0 aliphatic carbocycles. The summed E-state index contributed by atoms with van der Waals surface area (Å²) in [4.78, 5) is 2.14. The largest absolute Gasteiger partial charge is 0.460 e. The third kappa shape index (κ3) is 5.07. The quantitative estimate of drug-likeness (QED) is 0.155. The van der Waals surface area contributed by atoms with E-state index in [1.54, 1.807) is 60.7 Å². The third-order valence-electron chi connectivity index (χ3n) is 5.25. The smallest absolute Gasteiger partial charge is 0.377 e. The summed E-state index contributed by atoms with van der Waals surface area (Å²) in [5.74, 6) is -15.7. The summed E-state index contributed by atoms with van der Waals surface area (Å²) in [5, 5.41) is -6.95. The molecule has 0 fully saturated rings. The number of rotatable bonds is 8. The highest BCUT2D eigenvalue weighted by Crippen LogP contribution is 2.55. The summed E-state index contributed by atoms with van der Waals surface area (Å²) in [5.41, 5.74) is -0.343. The fourth-order valence-electron chi connectivity index (χ4n) is 3.36. The van der Waals surface area contributed by atoms with E-state index in [0.717, 1.165) is 9.79 Å². The van der Waals surface area contributed by atoms with E-state index in [2.05, 4.69) is 4.18 Å². The molecule has 206 valence electrons. The minimum absolute atomic E-state index is 0.172. The average Bonchev–Trinajstić information content (AvgIpc) is 2.82. The topological polar surface area (TPSA) is 43.4 Å². The first-order chi connectivity index (χ1) is 17.3. The molecule has 0 aliphatic rings. The predicted molar refractivity (Wildman–Crippen MR) is 121 cm³/mol. The molecule has 0 bridgehead atoms. The van der Waals surface area contributed by atoms with Crippen LogP contribution in [0.4, 0.5) is 39.5 Å². The molecule has 3 nitrogen and oxygen atoms in total. The summed E-state index contributed by atoms with van der Waals surface area (Å²) in [6.07, 6.45) is -7.17. The van der Waals surface area contributed by atoms with Crippen molar-refractivity contribution in [3.63, 3.8) is 0 Å². The van der Waals surface area contributed by atoms with E-state index in [-0.39, 0.29) is 11.1 Å². The van der Waals surface area contributed by atoms with Gasteiger partial charge >= 0.3 is 33.4 Å². The van der Waals surface area contributed by atoms with Crippen LogP contribution in [0, 0.1) is 13.8 Å². The molecule has 3 aromatic rings. The third-order valence-corrected chi connectivity index (χ3v) is 8.71. The highest BCUT2D eigenvalue weighted by atomic mass is 32.2. The fourth-order valence-corrected chi connectivity index (χ4v) is 6.65. The van der Waals surface area contributed by atoms with Gasteiger partial charge in [-0.1, -0.05) is 36.4 Å². The summed E-state index contributed by atoms with van der Waals surface area (Å²) < 4.78 is 148. The summed E-state index contributed by atoms with van der Waals surface area (Å²) in [6.45, 7) is 2.36. The van der Waals surface area contributed by atoms with E-state index in [9.17, 15) is 47.9 Å². The standard InChI is InChI=1S/C24H18F9O3S2/c1-15-13-19(37(17-9-5-3-6-10-17)18-11-7-4-8-12-18)14-16(2)20(15)36-38(34,35)24(32,33)22(27,28)21(25,26)23(29,30)31/h3-14H,1-2H3/q+1. The molecule has 0 aliphatic heterocycles. The van der Waals surface area contributed by atoms with Crippen LogP contribution in [0.15, 0.2) is 87.5 Å². The Morgan fingerprint density at radius 2 is 1.03 bits per heavy atom. The normalized spacial score (nSPS) is 13.6.